The van der Waals surface area contributed by atoms with Gasteiger partial charge in [-0.05, 0) is 41.8 Å². The zero-order valence-electron chi connectivity index (χ0n) is 19.2. The highest BCUT2D eigenvalue weighted by Gasteiger charge is 2.16. The Balaban J connectivity index is 1.55. The molecule has 0 atom stereocenters. The first-order valence-electron chi connectivity index (χ1n) is 11.0. The highest BCUT2D eigenvalue weighted by atomic mass is 32.1. The van der Waals surface area contributed by atoms with Crippen molar-refractivity contribution in [1.29, 1.82) is 0 Å². The van der Waals surface area contributed by atoms with Crippen LogP contribution in [0.25, 0.3) is 37.5 Å². The molecule has 0 aliphatic rings. The molecule has 7 nitrogen and oxygen atoms in total. The average Bonchev–Trinajstić information content (AvgIpc) is 3.34. The zero-order chi connectivity index (χ0) is 25.1. The Kier molecular flexibility index (Phi) is 6.42. The van der Waals surface area contributed by atoms with Crippen LogP contribution in [0.4, 0.5) is 0 Å². The van der Waals surface area contributed by atoms with Crippen molar-refractivity contribution in [3.05, 3.63) is 90.4 Å². The minimum atomic E-state index is -1.10. The number of benzene rings is 3. The monoisotopic (exact) mass is 496 g/mol. The quantitative estimate of drug-likeness (QED) is 0.212. The summed E-state index contributed by atoms with van der Waals surface area (Å²) in [4.78, 5) is 33.3. The van der Waals surface area contributed by atoms with Crippen LogP contribution < -0.4 is 9.47 Å². The zero-order valence-corrected chi connectivity index (χ0v) is 20.0. The predicted molar refractivity (Wildman–Crippen MR) is 140 cm³/mol. The molecule has 0 saturated carbocycles. The fourth-order valence-corrected chi connectivity index (χ4v) is 4.92. The van der Waals surface area contributed by atoms with Crippen molar-refractivity contribution in [3.8, 4) is 21.9 Å². The summed E-state index contributed by atoms with van der Waals surface area (Å²) in [6.07, 6.45) is 6.18. The number of thiophene rings is 1. The largest absolute Gasteiger partial charge is 0.496 e. The summed E-state index contributed by atoms with van der Waals surface area (Å²) < 4.78 is 12.3. The molecule has 36 heavy (non-hydrogen) atoms. The van der Waals surface area contributed by atoms with Gasteiger partial charge in [-0.15, -0.1) is 11.3 Å². The first kappa shape index (κ1) is 23.2. The number of aromatic nitrogens is 2. The maximum atomic E-state index is 12.9. The van der Waals surface area contributed by atoms with E-state index < -0.39 is 12.6 Å². The topological polar surface area (TPSA) is 98.6 Å². The smallest absolute Gasteiger partial charge is 0.341 e. The van der Waals surface area contributed by atoms with Gasteiger partial charge in [0.05, 0.1) is 12.6 Å². The molecule has 2 aromatic heterocycles. The lowest BCUT2D eigenvalue weighted by Crippen LogP contribution is -2.10. The van der Waals surface area contributed by atoms with Crippen LogP contribution in [0.1, 0.15) is 15.9 Å². The van der Waals surface area contributed by atoms with E-state index in [9.17, 15) is 9.59 Å². The lowest BCUT2D eigenvalue weighted by Gasteiger charge is -2.13. The molecule has 0 radical (unpaired) electrons. The van der Waals surface area contributed by atoms with Crippen molar-refractivity contribution in [1.82, 2.24) is 9.97 Å². The lowest BCUT2D eigenvalue weighted by atomic mass is 10.0. The summed E-state index contributed by atoms with van der Waals surface area (Å²) in [7, 11) is 1.55. The van der Waals surface area contributed by atoms with E-state index in [1.165, 1.54) is 12.4 Å². The van der Waals surface area contributed by atoms with E-state index in [0.717, 1.165) is 25.9 Å². The lowest BCUT2D eigenvalue weighted by molar-refractivity contribution is -0.139. The molecule has 0 amide bonds. The highest BCUT2D eigenvalue weighted by molar-refractivity contribution is 7.22. The van der Waals surface area contributed by atoms with Gasteiger partial charge < -0.3 is 14.6 Å². The molecule has 178 valence electrons. The van der Waals surface area contributed by atoms with Gasteiger partial charge in [-0.3, -0.25) is 4.79 Å². The Bertz CT molecular complexity index is 1610. The Morgan fingerprint density at radius 3 is 2.69 bits per heavy atom. The number of hydrogen-bond donors (Lipinski definition) is 1. The molecule has 3 aromatic carbocycles. The number of nitrogens with zero attached hydrogens (tertiary/aromatic N) is 2. The maximum Gasteiger partial charge on any atom is 0.341 e. The molecule has 5 aromatic rings. The van der Waals surface area contributed by atoms with E-state index in [1.807, 2.05) is 30.3 Å². The van der Waals surface area contributed by atoms with Crippen molar-refractivity contribution in [2.45, 2.75) is 0 Å². The van der Waals surface area contributed by atoms with E-state index in [1.54, 1.807) is 55.0 Å². The van der Waals surface area contributed by atoms with Crippen LogP contribution in [0.15, 0.2) is 79.3 Å². The first-order valence-corrected chi connectivity index (χ1v) is 11.8. The van der Waals surface area contributed by atoms with E-state index >= 15 is 0 Å². The van der Waals surface area contributed by atoms with Gasteiger partial charge in [-0.2, -0.15) is 0 Å². The second-order valence-electron chi connectivity index (χ2n) is 7.92. The van der Waals surface area contributed by atoms with Gasteiger partial charge in [0.15, 0.2) is 12.4 Å². The fraction of sp³-hybridized carbons (Fsp3) is 0.0714. The van der Waals surface area contributed by atoms with Gasteiger partial charge in [0.2, 0.25) is 0 Å². The molecule has 0 aliphatic carbocycles. The van der Waals surface area contributed by atoms with Gasteiger partial charge in [-0.1, -0.05) is 30.3 Å². The number of allylic oxidation sites excluding steroid dienone is 1. The Morgan fingerprint density at radius 2 is 1.89 bits per heavy atom. The molecule has 2 heterocycles. The molecule has 0 spiro atoms. The summed E-state index contributed by atoms with van der Waals surface area (Å²) in [5.74, 6) is -0.486. The number of carbonyl (C=O) groups excluding carboxylic acids is 1. The average molecular weight is 497 g/mol. The summed E-state index contributed by atoms with van der Waals surface area (Å²) >= 11 is 1.62. The molecule has 0 fully saturated rings. The summed E-state index contributed by atoms with van der Waals surface area (Å²) in [5.41, 5.74) is 2.52. The number of carboxylic acid groups (broad SMARTS) is 1. The second-order valence-corrected chi connectivity index (χ2v) is 9.00. The third-order valence-electron chi connectivity index (χ3n) is 5.58. The van der Waals surface area contributed by atoms with Gasteiger partial charge in [0.1, 0.15) is 17.8 Å². The standard InChI is InChI=1S/C28H20N2O5S/c1-34-25-13-24(35-15-28(32)33)18(10-21(25)27-12-19-4-2-3-5-26(19)36-27)8-9-23(31)17-6-7-20-14-29-16-30-22(20)11-17/h2-14,16H,15H2,1H3,(H,32,33)/b9-8+. The van der Waals surface area contributed by atoms with Crippen LogP contribution in [-0.2, 0) is 4.79 Å². The second kappa shape index (κ2) is 9.97. The molecular weight excluding hydrogens is 476 g/mol. The van der Waals surface area contributed by atoms with Gasteiger partial charge in [-0.25, -0.2) is 14.8 Å². The number of carbonyl (C=O) groups is 2. The molecule has 0 saturated heterocycles. The molecule has 1 N–H and O–H groups in total. The van der Waals surface area contributed by atoms with Crippen molar-refractivity contribution >= 4 is 50.2 Å². The van der Waals surface area contributed by atoms with Crippen molar-refractivity contribution in [3.63, 3.8) is 0 Å². The number of hydrogen-bond acceptors (Lipinski definition) is 7. The van der Waals surface area contributed by atoms with Gasteiger partial charge in [0.25, 0.3) is 0 Å². The number of methoxy groups -OCH3 is 1. The maximum absolute atomic E-state index is 12.9. The number of carboxylic acids is 1. The third-order valence-corrected chi connectivity index (χ3v) is 6.73. The van der Waals surface area contributed by atoms with Gasteiger partial charge in [0, 0.05) is 43.9 Å². The SMILES string of the molecule is COc1cc(OCC(=O)O)c(/C=C/C(=O)c2ccc3cncnc3c2)cc1-c1cc2ccccc2s1. The van der Waals surface area contributed by atoms with Crippen LogP contribution in [0.3, 0.4) is 0 Å². The number of ketones is 1. The van der Waals surface area contributed by atoms with E-state index in [4.69, 9.17) is 14.6 Å². The van der Waals surface area contributed by atoms with Crippen LogP contribution >= 0.6 is 11.3 Å². The van der Waals surface area contributed by atoms with Crippen LogP contribution in [0.5, 0.6) is 11.5 Å². The number of ether oxygens (including phenoxy) is 2. The Hall–Kier alpha value is -4.56. The third kappa shape index (κ3) is 4.80. The summed E-state index contributed by atoms with van der Waals surface area (Å²) in [6.45, 7) is -0.523. The Labute approximate surface area is 210 Å². The summed E-state index contributed by atoms with van der Waals surface area (Å²) in [5, 5.41) is 11.1. The van der Waals surface area contributed by atoms with Crippen LogP contribution in [-0.4, -0.2) is 40.5 Å². The Morgan fingerprint density at radius 1 is 1.03 bits per heavy atom. The molecule has 0 aliphatic heterocycles. The number of rotatable bonds is 8. The van der Waals surface area contributed by atoms with Crippen molar-refractivity contribution in [2.75, 3.05) is 13.7 Å². The predicted octanol–water partition coefficient (Wildman–Crippen LogP) is 5.88. The summed E-state index contributed by atoms with van der Waals surface area (Å²) in [6, 6.07) is 18.9. The molecule has 8 heteroatoms. The fourth-order valence-electron chi connectivity index (χ4n) is 3.84. The van der Waals surface area contributed by atoms with Gasteiger partial charge >= 0.3 is 5.97 Å². The van der Waals surface area contributed by atoms with E-state index in [0.29, 0.717) is 28.1 Å². The van der Waals surface area contributed by atoms with E-state index in [2.05, 4.69) is 16.0 Å². The minimum Gasteiger partial charge on any atom is -0.496 e. The van der Waals surface area contributed by atoms with Crippen molar-refractivity contribution in [2.24, 2.45) is 0 Å². The minimum absolute atomic E-state index is 0.223. The molecule has 5 rings (SSSR count). The van der Waals surface area contributed by atoms with Crippen molar-refractivity contribution < 1.29 is 24.2 Å². The molecular formula is C28H20N2O5S. The van der Waals surface area contributed by atoms with Crippen LogP contribution in [0, 0.1) is 0 Å². The highest BCUT2D eigenvalue weighted by Crippen LogP contribution is 2.41. The molecule has 0 bridgehead atoms. The van der Waals surface area contributed by atoms with Crippen LogP contribution in [0.2, 0.25) is 0 Å². The number of fused-ring (bicyclic) bond motifs is 2. The molecule has 0 unspecified atom stereocenters. The normalized spacial score (nSPS) is 11.2. The van der Waals surface area contributed by atoms with E-state index in [-0.39, 0.29) is 5.78 Å². The first-order chi connectivity index (χ1) is 17.5. The number of aliphatic carboxylic acids is 1.